The van der Waals surface area contributed by atoms with Crippen molar-refractivity contribution in [2.24, 2.45) is 0 Å². The Bertz CT molecular complexity index is 406. The first-order valence-corrected chi connectivity index (χ1v) is 4.98. The molecule has 0 radical (unpaired) electrons. The van der Waals surface area contributed by atoms with Crippen LogP contribution in [0.1, 0.15) is 17.2 Å². The number of benzene rings is 1. The fourth-order valence-electron chi connectivity index (χ4n) is 2.23. The second kappa shape index (κ2) is 2.98. The average Bonchev–Trinajstić information content (AvgIpc) is 2.86. The third-order valence-corrected chi connectivity index (χ3v) is 2.98. The molecule has 1 aromatic carbocycles. The van der Waals surface area contributed by atoms with Crippen LogP contribution in [0.3, 0.4) is 0 Å². The molecule has 1 aliphatic rings. The lowest BCUT2D eigenvalue weighted by Crippen LogP contribution is -2.05. The summed E-state index contributed by atoms with van der Waals surface area (Å²) in [7, 11) is 0. The molecular formula is C12H12N2. The van der Waals surface area contributed by atoms with E-state index in [-0.39, 0.29) is 0 Å². The molecule has 0 saturated carbocycles. The molecule has 1 aromatic heterocycles. The maximum absolute atomic E-state index is 4.09. The number of nitrogens with zero attached hydrogens (tertiary/aromatic N) is 2. The number of hydrogen-bond donors (Lipinski definition) is 0. The maximum atomic E-state index is 4.09. The number of rotatable bonds is 1. The zero-order chi connectivity index (χ0) is 9.38. The number of aromatic nitrogens is 2. The van der Waals surface area contributed by atoms with E-state index in [0.717, 1.165) is 12.8 Å². The first-order valence-electron chi connectivity index (χ1n) is 4.98. The van der Waals surface area contributed by atoms with Gasteiger partial charge in [-0.2, -0.15) is 0 Å². The molecule has 0 bridgehead atoms. The van der Waals surface area contributed by atoms with Gasteiger partial charge >= 0.3 is 0 Å². The van der Waals surface area contributed by atoms with Crippen LogP contribution in [0.15, 0.2) is 43.0 Å². The van der Waals surface area contributed by atoms with Gasteiger partial charge in [0.1, 0.15) is 0 Å². The van der Waals surface area contributed by atoms with Crippen molar-refractivity contribution in [1.82, 2.24) is 9.55 Å². The van der Waals surface area contributed by atoms with Gasteiger partial charge in [-0.05, 0) is 24.0 Å². The summed E-state index contributed by atoms with van der Waals surface area (Å²) in [5.41, 5.74) is 2.98. The van der Waals surface area contributed by atoms with E-state index in [2.05, 4.69) is 40.0 Å². The highest BCUT2D eigenvalue weighted by atomic mass is 15.1. The van der Waals surface area contributed by atoms with Crippen molar-refractivity contribution in [3.8, 4) is 0 Å². The highest BCUT2D eigenvalue weighted by Gasteiger charge is 2.21. The largest absolute Gasteiger partial charge is 0.334 e. The van der Waals surface area contributed by atoms with E-state index in [4.69, 9.17) is 0 Å². The van der Waals surface area contributed by atoms with Crippen molar-refractivity contribution in [2.75, 3.05) is 0 Å². The van der Waals surface area contributed by atoms with E-state index >= 15 is 0 Å². The first-order chi connectivity index (χ1) is 6.93. The van der Waals surface area contributed by atoms with Gasteiger partial charge in [-0.25, -0.2) is 4.98 Å². The summed E-state index contributed by atoms with van der Waals surface area (Å²) >= 11 is 0. The van der Waals surface area contributed by atoms with Gasteiger partial charge in [0.15, 0.2) is 0 Å². The van der Waals surface area contributed by atoms with E-state index in [1.807, 2.05) is 12.5 Å². The van der Waals surface area contributed by atoms with E-state index < -0.39 is 0 Å². The summed E-state index contributed by atoms with van der Waals surface area (Å²) < 4.78 is 2.21. The normalized spacial score (nSPS) is 15.7. The van der Waals surface area contributed by atoms with Crippen molar-refractivity contribution < 1.29 is 0 Å². The molecule has 14 heavy (non-hydrogen) atoms. The van der Waals surface area contributed by atoms with Crippen LogP contribution in [0.5, 0.6) is 0 Å². The van der Waals surface area contributed by atoms with Crippen LogP contribution in [0.4, 0.5) is 0 Å². The Hall–Kier alpha value is -1.57. The fraction of sp³-hybridized carbons (Fsp3) is 0.250. The summed E-state index contributed by atoms with van der Waals surface area (Å²) in [5, 5.41) is 0. The zero-order valence-electron chi connectivity index (χ0n) is 7.93. The van der Waals surface area contributed by atoms with Crippen molar-refractivity contribution >= 4 is 0 Å². The van der Waals surface area contributed by atoms with E-state index in [1.165, 1.54) is 11.1 Å². The summed E-state index contributed by atoms with van der Waals surface area (Å²) in [6, 6.07) is 9.28. The Morgan fingerprint density at radius 3 is 2.43 bits per heavy atom. The highest BCUT2D eigenvalue weighted by molar-refractivity contribution is 5.32. The van der Waals surface area contributed by atoms with Crippen LogP contribution in [-0.2, 0) is 12.8 Å². The minimum Gasteiger partial charge on any atom is -0.334 e. The molecule has 0 atom stereocenters. The molecule has 0 unspecified atom stereocenters. The van der Waals surface area contributed by atoms with Gasteiger partial charge in [0.2, 0.25) is 0 Å². The lowest BCUT2D eigenvalue weighted by Gasteiger charge is -2.09. The molecule has 1 heterocycles. The molecule has 1 aliphatic carbocycles. The molecule has 2 nitrogen and oxygen atoms in total. The van der Waals surface area contributed by atoms with E-state index in [0.29, 0.717) is 6.04 Å². The maximum Gasteiger partial charge on any atom is 0.0948 e. The van der Waals surface area contributed by atoms with E-state index in [1.54, 1.807) is 0 Å². The Kier molecular flexibility index (Phi) is 1.66. The van der Waals surface area contributed by atoms with Crippen LogP contribution in [0.25, 0.3) is 0 Å². The van der Waals surface area contributed by atoms with Crippen LogP contribution in [0, 0.1) is 0 Å². The quantitative estimate of drug-likeness (QED) is 0.664. The van der Waals surface area contributed by atoms with Crippen LogP contribution in [0.2, 0.25) is 0 Å². The van der Waals surface area contributed by atoms with Gasteiger partial charge in [-0.1, -0.05) is 24.3 Å². The molecule has 0 saturated heterocycles. The smallest absolute Gasteiger partial charge is 0.0948 e. The van der Waals surface area contributed by atoms with Gasteiger partial charge in [0.25, 0.3) is 0 Å². The Morgan fingerprint density at radius 1 is 1.14 bits per heavy atom. The molecule has 0 fully saturated rings. The highest BCUT2D eigenvalue weighted by Crippen LogP contribution is 2.29. The zero-order valence-corrected chi connectivity index (χ0v) is 7.93. The number of fused-ring (bicyclic) bond motifs is 1. The third-order valence-electron chi connectivity index (χ3n) is 2.98. The molecule has 0 aliphatic heterocycles. The summed E-state index contributed by atoms with van der Waals surface area (Å²) in [6.45, 7) is 0. The molecule has 0 amide bonds. The van der Waals surface area contributed by atoms with Gasteiger partial charge in [0, 0.05) is 18.4 Å². The van der Waals surface area contributed by atoms with Gasteiger partial charge in [-0.3, -0.25) is 0 Å². The average molecular weight is 184 g/mol. The second-order valence-electron chi connectivity index (χ2n) is 3.84. The molecule has 0 spiro atoms. The van der Waals surface area contributed by atoms with Gasteiger partial charge < -0.3 is 4.57 Å². The predicted octanol–water partition coefficient (Wildman–Crippen LogP) is 2.22. The third kappa shape index (κ3) is 1.15. The van der Waals surface area contributed by atoms with Crippen LogP contribution in [-0.4, -0.2) is 9.55 Å². The van der Waals surface area contributed by atoms with Crippen LogP contribution >= 0.6 is 0 Å². The fourth-order valence-corrected chi connectivity index (χ4v) is 2.23. The lowest BCUT2D eigenvalue weighted by atomic mass is 10.1. The minimum absolute atomic E-state index is 0.579. The Labute approximate surface area is 83.2 Å². The molecule has 3 rings (SSSR count). The Balaban J connectivity index is 1.92. The molecule has 0 N–H and O–H groups in total. The van der Waals surface area contributed by atoms with Crippen molar-refractivity contribution in [3.05, 3.63) is 54.1 Å². The second-order valence-corrected chi connectivity index (χ2v) is 3.84. The summed E-state index contributed by atoms with van der Waals surface area (Å²) in [5.74, 6) is 0. The monoisotopic (exact) mass is 184 g/mol. The lowest BCUT2D eigenvalue weighted by molar-refractivity contribution is 0.528. The van der Waals surface area contributed by atoms with Crippen molar-refractivity contribution in [2.45, 2.75) is 18.9 Å². The first kappa shape index (κ1) is 7.80. The van der Waals surface area contributed by atoms with Crippen molar-refractivity contribution in [3.63, 3.8) is 0 Å². The number of imidazole rings is 1. The molecule has 2 aromatic rings. The Morgan fingerprint density at radius 2 is 1.86 bits per heavy atom. The topological polar surface area (TPSA) is 17.8 Å². The molecular weight excluding hydrogens is 172 g/mol. The number of hydrogen-bond acceptors (Lipinski definition) is 1. The minimum atomic E-state index is 0.579. The predicted molar refractivity (Wildman–Crippen MR) is 55.1 cm³/mol. The summed E-state index contributed by atoms with van der Waals surface area (Å²) in [6.07, 6.45) is 8.11. The van der Waals surface area contributed by atoms with Gasteiger partial charge in [0.05, 0.1) is 6.33 Å². The molecule has 70 valence electrons. The van der Waals surface area contributed by atoms with Crippen molar-refractivity contribution in [1.29, 1.82) is 0 Å². The standard InChI is InChI=1S/C12H12N2/c1-2-4-11-8-12(7-10(11)3-1)14-6-5-13-9-14/h1-6,9,12H,7-8H2. The van der Waals surface area contributed by atoms with Crippen LogP contribution < -0.4 is 0 Å². The molecule has 2 heteroatoms. The summed E-state index contributed by atoms with van der Waals surface area (Å²) in [4.78, 5) is 4.09. The van der Waals surface area contributed by atoms with Gasteiger partial charge in [-0.15, -0.1) is 0 Å². The SMILES string of the molecule is c1ccc2c(c1)CC(n1ccnc1)C2. The van der Waals surface area contributed by atoms with E-state index in [9.17, 15) is 0 Å².